The van der Waals surface area contributed by atoms with Crippen molar-refractivity contribution in [2.24, 2.45) is 18.7 Å². The van der Waals surface area contributed by atoms with E-state index in [0.29, 0.717) is 13.1 Å². The first-order chi connectivity index (χ1) is 12.3. The van der Waals surface area contributed by atoms with E-state index in [4.69, 9.17) is 5.73 Å². The maximum atomic E-state index is 12.8. The van der Waals surface area contributed by atoms with Crippen molar-refractivity contribution >= 4 is 21.8 Å². The summed E-state index contributed by atoms with van der Waals surface area (Å²) in [6.45, 7) is 1.26. The second-order valence-corrected chi connectivity index (χ2v) is 8.68. The molecule has 1 atom stereocenters. The Hall–Kier alpha value is -2.13. The number of hydrogen-bond acceptors (Lipinski definition) is 4. The lowest BCUT2D eigenvalue weighted by Crippen LogP contribution is -2.51. The number of carbonyl (C=O) groups excluding carboxylic acids is 2. The van der Waals surface area contributed by atoms with Gasteiger partial charge in [0.15, 0.2) is 0 Å². The first-order valence-corrected chi connectivity index (χ1v) is 10.1. The molecule has 3 rings (SSSR count). The summed E-state index contributed by atoms with van der Waals surface area (Å²) < 4.78 is 28.4. The van der Waals surface area contributed by atoms with Gasteiger partial charge in [-0.3, -0.25) is 9.59 Å². The number of amides is 2. The quantitative estimate of drug-likeness (QED) is 0.759. The zero-order valence-electron chi connectivity index (χ0n) is 14.8. The van der Waals surface area contributed by atoms with Gasteiger partial charge in [0.25, 0.3) is 5.91 Å². The standard InChI is InChI=1S/C17H24N4O4S/c1-19-12-14(11-15(19)16(18)22)26(24,25)21-9-7-20(8-10-21)17(23)13-5-3-2-4-6-13/h2-3,11-13H,4-10H2,1H3,(H2,18,22)/t13-/m0/s1. The van der Waals surface area contributed by atoms with Crippen LogP contribution in [0.1, 0.15) is 29.8 Å². The molecular formula is C17H24N4O4S. The Morgan fingerprint density at radius 1 is 1.15 bits per heavy atom. The second-order valence-electron chi connectivity index (χ2n) is 6.75. The monoisotopic (exact) mass is 380 g/mol. The van der Waals surface area contributed by atoms with Crippen LogP contribution >= 0.6 is 0 Å². The number of nitrogens with zero attached hydrogens (tertiary/aromatic N) is 3. The Kier molecular flexibility index (Phi) is 5.19. The summed E-state index contributed by atoms with van der Waals surface area (Å²) >= 11 is 0. The maximum Gasteiger partial charge on any atom is 0.265 e. The van der Waals surface area contributed by atoms with E-state index >= 15 is 0 Å². The second kappa shape index (κ2) is 7.24. The molecule has 1 saturated heterocycles. The van der Waals surface area contributed by atoms with Crippen LogP contribution in [0.4, 0.5) is 0 Å². The van der Waals surface area contributed by atoms with Gasteiger partial charge in [-0.1, -0.05) is 12.2 Å². The summed E-state index contributed by atoms with van der Waals surface area (Å²) in [7, 11) is -2.14. The van der Waals surface area contributed by atoms with E-state index in [1.165, 1.54) is 21.1 Å². The number of aromatic nitrogens is 1. The average Bonchev–Trinajstić information content (AvgIpc) is 3.05. The highest BCUT2D eigenvalue weighted by molar-refractivity contribution is 7.89. The van der Waals surface area contributed by atoms with Crippen LogP contribution in [-0.4, -0.2) is 60.2 Å². The molecule has 0 aromatic carbocycles. The van der Waals surface area contributed by atoms with Crippen molar-refractivity contribution in [3.8, 4) is 0 Å². The number of primary amides is 1. The van der Waals surface area contributed by atoms with E-state index in [9.17, 15) is 18.0 Å². The number of allylic oxidation sites excluding steroid dienone is 2. The van der Waals surface area contributed by atoms with E-state index in [-0.39, 0.29) is 35.5 Å². The van der Waals surface area contributed by atoms with Gasteiger partial charge in [0, 0.05) is 45.3 Å². The van der Waals surface area contributed by atoms with Crippen LogP contribution in [0.2, 0.25) is 0 Å². The van der Waals surface area contributed by atoms with E-state index in [2.05, 4.69) is 6.08 Å². The molecule has 2 amide bonds. The van der Waals surface area contributed by atoms with Crippen LogP contribution in [0.15, 0.2) is 29.3 Å². The molecule has 1 aliphatic carbocycles. The normalized spacial score (nSPS) is 21.7. The van der Waals surface area contributed by atoms with Crippen LogP contribution in [0.5, 0.6) is 0 Å². The fourth-order valence-corrected chi connectivity index (χ4v) is 4.99. The van der Waals surface area contributed by atoms with Crippen molar-refractivity contribution in [1.29, 1.82) is 0 Å². The highest BCUT2D eigenvalue weighted by Crippen LogP contribution is 2.23. The predicted molar refractivity (Wildman–Crippen MR) is 95.8 cm³/mol. The van der Waals surface area contributed by atoms with E-state index in [1.807, 2.05) is 6.08 Å². The average molecular weight is 380 g/mol. The van der Waals surface area contributed by atoms with Gasteiger partial charge in [0.1, 0.15) is 10.6 Å². The third kappa shape index (κ3) is 3.54. The first kappa shape index (κ1) is 18.7. The van der Waals surface area contributed by atoms with Crippen LogP contribution in [0.3, 0.4) is 0 Å². The molecule has 1 aromatic rings. The molecule has 2 N–H and O–H groups in total. The minimum absolute atomic E-state index is 0.00963. The van der Waals surface area contributed by atoms with Gasteiger partial charge in [-0.2, -0.15) is 4.31 Å². The van der Waals surface area contributed by atoms with Crippen molar-refractivity contribution < 1.29 is 18.0 Å². The molecule has 26 heavy (non-hydrogen) atoms. The van der Waals surface area contributed by atoms with Crippen molar-refractivity contribution in [1.82, 2.24) is 13.8 Å². The first-order valence-electron chi connectivity index (χ1n) is 8.71. The van der Waals surface area contributed by atoms with Crippen molar-refractivity contribution in [3.63, 3.8) is 0 Å². The van der Waals surface area contributed by atoms with Crippen LogP contribution in [-0.2, 0) is 21.9 Å². The van der Waals surface area contributed by atoms with Gasteiger partial charge in [-0.25, -0.2) is 8.42 Å². The molecule has 1 aromatic heterocycles. The largest absolute Gasteiger partial charge is 0.364 e. The van der Waals surface area contributed by atoms with Gasteiger partial charge >= 0.3 is 0 Å². The summed E-state index contributed by atoms with van der Waals surface area (Å²) in [5.74, 6) is -0.552. The molecule has 0 spiro atoms. The summed E-state index contributed by atoms with van der Waals surface area (Å²) in [5.41, 5.74) is 5.40. The van der Waals surface area contributed by atoms with Crippen molar-refractivity contribution in [2.45, 2.75) is 24.2 Å². The molecule has 142 valence electrons. The lowest BCUT2D eigenvalue weighted by atomic mass is 9.93. The molecule has 2 aliphatic rings. The molecule has 9 heteroatoms. The SMILES string of the molecule is Cn1cc(S(=O)(=O)N2CCN(C(=O)[C@H]3CC=CCC3)CC2)cc1C(N)=O. The van der Waals surface area contributed by atoms with Crippen molar-refractivity contribution in [3.05, 3.63) is 30.1 Å². The fourth-order valence-electron chi connectivity index (χ4n) is 3.49. The third-order valence-electron chi connectivity index (χ3n) is 5.04. The fraction of sp³-hybridized carbons (Fsp3) is 0.529. The number of nitrogens with two attached hydrogens (primary N) is 1. The van der Waals surface area contributed by atoms with Gasteiger partial charge in [0.05, 0.1) is 0 Å². The van der Waals surface area contributed by atoms with Gasteiger partial charge in [0.2, 0.25) is 15.9 Å². The number of aryl methyl sites for hydroxylation is 1. The number of carbonyl (C=O) groups is 2. The number of rotatable bonds is 4. The lowest BCUT2D eigenvalue weighted by molar-refractivity contribution is -0.137. The van der Waals surface area contributed by atoms with Crippen molar-refractivity contribution in [2.75, 3.05) is 26.2 Å². The van der Waals surface area contributed by atoms with Crippen LogP contribution in [0, 0.1) is 5.92 Å². The highest BCUT2D eigenvalue weighted by Gasteiger charge is 2.33. The molecule has 0 bridgehead atoms. The Morgan fingerprint density at radius 3 is 2.38 bits per heavy atom. The summed E-state index contributed by atoms with van der Waals surface area (Å²) in [6.07, 6.45) is 8.06. The van der Waals surface area contributed by atoms with E-state index in [1.54, 1.807) is 11.9 Å². The Labute approximate surface area is 153 Å². The molecule has 1 fully saturated rings. The number of hydrogen-bond donors (Lipinski definition) is 1. The molecule has 0 saturated carbocycles. The van der Waals surface area contributed by atoms with E-state index < -0.39 is 15.9 Å². The Morgan fingerprint density at radius 2 is 1.85 bits per heavy atom. The zero-order chi connectivity index (χ0) is 18.9. The number of piperazine rings is 1. The van der Waals surface area contributed by atoms with Gasteiger partial charge in [-0.15, -0.1) is 0 Å². The Bertz CT molecular complexity index is 835. The molecule has 1 aliphatic heterocycles. The molecule has 0 radical (unpaired) electrons. The number of sulfonamides is 1. The lowest BCUT2D eigenvalue weighted by Gasteiger charge is -2.35. The third-order valence-corrected chi connectivity index (χ3v) is 6.90. The minimum atomic E-state index is -3.72. The molecule has 2 heterocycles. The molecule has 8 nitrogen and oxygen atoms in total. The van der Waals surface area contributed by atoms with Crippen LogP contribution in [0.25, 0.3) is 0 Å². The smallest absolute Gasteiger partial charge is 0.265 e. The van der Waals surface area contributed by atoms with Gasteiger partial charge < -0.3 is 15.2 Å². The highest BCUT2D eigenvalue weighted by atomic mass is 32.2. The maximum absolute atomic E-state index is 12.8. The molecular weight excluding hydrogens is 356 g/mol. The minimum Gasteiger partial charge on any atom is -0.364 e. The Balaban J connectivity index is 1.67. The topological polar surface area (TPSA) is 106 Å². The van der Waals surface area contributed by atoms with E-state index in [0.717, 1.165) is 19.3 Å². The van der Waals surface area contributed by atoms with Crippen LogP contribution < -0.4 is 5.73 Å². The summed E-state index contributed by atoms with van der Waals surface area (Å²) in [4.78, 5) is 25.7. The zero-order valence-corrected chi connectivity index (χ0v) is 15.6. The van der Waals surface area contributed by atoms with Gasteiger partial charge in [-0.05, 0) is 25.3 Å². The predicted octanol–water partition coefficient (Wildman–Crippen LogP) is 0.313. The summed E-state index contributed by atoms with van der Waals surface area (Å²) in [6, 6.07) is 1.30. The summed E-state index contributed by atoms with van der Waals surface area (Å²) in [5, 5.41) is 0. The molecule has 0 unspecified atom stereocenters.